The molecule has 0 N–H and O–H groups in total. The number of thioether (sulfide) groups is 1. The monoisotopic (exact) mass is 460 g/mol. The highest BCUT2D eigenvalue weighted by Crippen LogP contribution is 2.37. The van der Waals surface area contributed by atoms with Gasteiger partial charge in [-0.3, -0.25) is 4.79 Å². The van der Waals surface area contributed by atoms with Gasteiger partial charge in [-0.15, -0.1) is 0 Å². The molecule has 168 valence electrons. The van der Waals surface area contributed by atoms with Crippen LogP contribution in [0.3, 0.4) is 0 Å². The first kappa shape index (κ1) is 23.7. The van der Waals surface area contributed by atoms with E-state index in [1.165, 1.54) is 12.1 Å². The fourth-order valence-electron chi connectivity index (χ4n) is 3.19. The van der Waals surface area contributed by atoms with Crippen molar-refractivity contribution in [2.75, 3.05) is 0 Å². The lowest BCUT2D eigenvalue weighted by Crippen LogP contribution is -2.16. The molecule has 3 nitrogen and oxygen atoms in total. The Kier molecular flexibility index (Phi) is 8.22. The van der Waals surface area contributed by atoms with Crippen LogP contribution in [0.1, 0.15) is 36.8 Å². The maximum Gasteiger partial charge on any atom is 0.446 e. The van der Waals surface area contributed by atoms with Crippen LogP contribution in [0.4, 0.5) is 13.2 Å². The third-order valence-corrected chi connectivity index (χ3v) is 5.38. The van der Waals surface area contributed by atoms with E-state index in [-0.39, 0.29) is 23.3 Å². The lowest BCUT2D eigenvalue weighted by molar-refractivity contribution is -0.147. The zero-order valence-electron chi connectivity index (χ0n) is 17.5. The zero-order valence-corrected chi connectivity index (χ0v) is 18.3. The Hall–Kier alpha value is -2.93. The second-order valence-electron chi connectivity index (χ2n) is 7.13. The molecule has 0 saturated heterocycles. The van der Waals surface area contributed by atoms with Crippen molar-refractivity contribution in [2.24, 2.45) is 0 Å². The van der Waals surface area contributed by atoms with E-state index in [0.717, 1.165) is 12.0 Å². The molecule has 0 aliphatic carbocycles. The summed E-state index contributed by atoms with van der Waals surface area (Å²) in [7, 11) is 0. The highest BCUT2D eigenvalue weighted by atomic mass is 32.2. The predicted molar refractivity (Wildman–Crippen MR) is 119 cm³/mol. The summed E-state index contributed by atoms with van der Waals surface area (Å²) in [6, 6.07) is 22.5. The van der Waals surface area contributed by atoms with E-state index >= 15 is 0 Å². The number of carbonyl (C=O) groups is 1. The van der Waals surface area contributed by atoms with E-state index < -0.39 is 17.4 Å². The Labute approximate surface area is 189 Å². The first-order valence-corrected chi connectivity index (χ1v) is 11.0. The lowest BCUT2D eigenvalue weighted by Gasteiger charge is -2.17. The fraction of sp³-hybridized carbons (Fsp3) is 0.240. The fourth-order valence-corrected chi connectivity index (χ4v) is 3.73. The first-order chi connectivity index (χ1) is 15.3. The van der Waals surface area contributed by atoms with E-state index in [9.17, 15) is 18.0 Å². The van der Waals surface area contributed by atoms with E-state index in [1.807, 2.05) is 55.5 Å². The molecule has 0 heterocycles. The number of alkyl halides is 3. The molecule has 0 fully saturated rings. The van der Waals surface area contributed by atoms with Gasteiger partial charge in [0.15, 0.2) is 0 Å². The van der Waals surface area contributed by atoms with Crippen molar-refractivity contribution in [3.8, 4) is 11.5 Å². The maximum atomic E-state index is 12.8. The molecule has 3 rings (SSSR count). The van der Waals surface area contributed by atoms with E-state index in [4.69, 9.17) is 9.47 Å². The number of para-hydroxylation sites is 1. The van der Waals surface area contributed by atoms with E-state index in [0.29, 0.717) is 23.5 Å². The standard InChI is InChI=1S/C25H23F3O3S/c1-2-7-23(19-12-14-22(15-13-19)32-25(26,27)28)24(29)30-17-18-8-6-11-21(16-18)31-20-9-4-3-5-10-20/h3-6,8-16,23H,2,7,17H2,1H3. The number of ether oxygens (including phenoxy) is 2. The minimum Gasteiger partial charge on any atom is -0.460 e. The number of carbonyl (C=O) groups excluding carboxylic acids is 1. The van der Waals surface area contributed by atoms with Crippen LogP contribution in [0, 0.1) is 0 Å². The minimum absolute atomic E-state index is 0.0764. The van der Waals surface area contributed by atoms with Crippen molar-refractivity contribution in [3.05, 3.63) is 90.0 Å². The van der Waals surface area contributed by atoms with Gasteiger partial charge in [0.2, 0.25) is 0 Å². The Bertz CT molecular complexity index is 1000. The van der Waals surface area contributed by atoms with Crippen LogP contribution in [0.15, 0.2) is 83.8 Å². The van der Waals surface area contributed by atoms with Gasteiger partial charge in [0.1, 0.15) is 18.1 Å². The maximum absolute atomic E-state index is 12.8. The van der Waals surface area contributed by atoms with Crippen molar-refractivity contribution in [2.45, 2.75) is 42.7 Å². The summed E-state index contributed by atoms with van der Waals surface area (Å²) >= 11 is -0.176. The van der Waals surface area contributed by atoms with Gasteiger partial charge in [0.25, 0.3) is 0 Å². The van der Waals surface area contributed by atoms with Crippen LogP contribution in [-0.4, -0.2) is 11.5 Å². The quantitative estimate of drug-likeness (QED) is 0.242. The second kappa shape index (κ2) is 11.1. The van der Waals surface area contributed by atoms with Crippen LogP contribution in [-0.2, 0) is 16.1 Å². The minimum atomic E-state index is -4.35. The summed E-state index contributed by atoms with van der Waals surface area (Å²) < 4.78 is 49.0. The van der Waals surface area contributed by atoms with Crippen LogP contribution in [0.5, 0.6) is 11.5 Å². The van der Waals surface area contributed by atoms with Crippen molar-refractivity contribution >= 4 is 17.7 Å². The van der Waals surface area contributed by atoms with Crippen molar-refractivity contribution < 1.29 is 27.4 Å². The Morgan fingerprint density at radius 1 is 0.938 bits per heavy atom. The SMILES string of the molecule is CCCC(C(=O)OCc1cccc(Oc2ccccc2)c1)c1ccc(SC(F)(F)F)cc1. The summed E-state index contributed by atoms with van der Waals surface area (Å²) in [5.74, 6) is 0.399. The van der Waals surface area contributed by atoms with Crippen LogP contribution in [0.25, 0.3) is 0 Å². The normalized spacial score (nSPS) is 12.2. The molecule has 0 amide bonds. The molecule has 1 atom stereocenters. The third-order valence-electron chi connectivity index (χ3n) is 4.64. The molecule has 3 aromatic carbocycles. The van der Waals surface area contributed by atoms with Gasteiger partial charge in [-0.1, -0.05) is 55.8 Å². The molecule has 0 aliphatic heterocycles. The second-order valence-corrected chi connectivity index (χ2v) is 8.27. The van der Waals surface area contributed by atoms with Gasteiger partial charge in [-0.25, -0.2) is 0 Å². The molecule has 7 heteroatoms. The Morgan fingerprint density at radius 3 is 2.28 bits per heavy atom. The number of esters is 1. The summed E-state index contributed by atoms with van der Waals surface area (Å²) in [4.78, 5) is 12.8. The number of benzene rings is 3. The largest absolute Gasteiger partial charge is 0.460 e. The molecule has 0 aromatic heterocycles. The van der Waals surface area contributed by atoms with E-state index in [2.05, 4.69) is 0 Å². The molecule has 0 spiro atoms. The van der Waals surface area contributed by atoms with Crippen LogP contribution >= 0.6 is 11.8 Å². The number of hydrogen-bond donors (Lipinski definition) is 0. The Morgan fingerprint density at radius 2 is 1.62 bits per heavy atom. The molecule has 32 heavy (non-hydrogen) atoms. The van der Waals surface area contributed by atoms with Gasteiger partial charge in [-0.05, 0) is 65.7 Å². The summed E-state index contributed by atoms with van der Waals surface area (Å²) in [6.07, 6.45) is 1.28. The molecular weight excluding hydrogens is 437 g/mol. The Balaban J connectivity index is 1.63. The average Bonchev–Trinajstić information content (AvgIpc) is 2.76. The molecule has 0 radical (unpaired) electrons. The average molecular weight is 461 g/mol. The highest BCUT2D eigenvalue weighted by Gasteiger charge is 2.29. The van der Waals surface area contributed by atoms with Gasteiger partial charge in [0, 0.05) is 4.90 Å². The van der Waals surface area contributed by atoms with Crippen LogP contribution in [0.2, 0.25) is 0 Å². The molecular formula is C25H23F3O3S. The number of halogens is 3. The van der Waals surface area contributed by atoms with Crippen LogP contribution < -0.4 is 4.74 Å². The van der Waals surface area contributed by atoms with Crippen molar-refractivity contribution in [1.29, 1.82) is 0 Å². The van der Waals surface area contributed by atoms with Gasteiger partial charge < -0.3 is 9.47 Å². The van der Waals surface area contributed by atoms with Gasteiger partial charge in [0.05, 0.1) is 5.92 Å². The molecule has 0 aliphatic rings. The lowest BCUT2D eigenvalue weighted by atomic mass is 9.95. The summed E-state index contributed by atoms with van der Waals surface area (Å²) in [5.41, 5.74) is -2.93. The number of hydrogen-bond acceptors (Lipinski definition) is 4. The first-order valence-electron chi connectivity index (χ1n) is 10.2. The third kappa shape index (κ3) is 7.34. The zero-order chi connectivity index (χ0) is 23.0. The molecule has 1 unspecified atom stereocenters. The number of rotatable bonds is 9. The van der Waals surface area contributed by atoms with Crippen molar-refractivity contribution in [3.63, 3.8) is 0 Å². The molecule has 0 bridgehead atoms. The van der Waals surface area contributed by atoms with Gasteiger partial charge in [-0.2, -0.15) is 13.2 Å². The van der Waals surface area contributed by atoms with E-state index in [1.54, 1.807) is 18.2 Å². The highest BCUT2D eigenvalue weighted by molar-refractivity contribution is 8.00. The predicted octanol–water partition coefficient (Wildman–Crippen LogP) is 7.72. The van der Waals surface area contributed by atoms with Crippen molar-refractivity contribution in [1.82, 2.24) is 0 Å². The summed E-state index contributed by atoms with van der Waals surface area (Å²) in [5, 5.41) is 0. The summed E-state index contributed by atoms with van der Waals surface area (Å²) in [6.45, 7) is 2.02. The smallest absolute Gasteiger partial charge is 0.446 e. The topological polar surface area (TPSA) is 35.5 Å². The molecule has 0 saturated carbocycles. The van der Waals surface area contributed by atoms with Gasteiger partial charge >= 0.3 is 11.5 Å². The molecule has 3 aromatic rings.